The van der Waals surface area contributed by atoms with E-state index in [4.69, 9.17) is 56.1 Å². The van der Waals surface area contributed by atoms with Crippen LogP contribution >= 0.6 is 0 Å². The third kappa shape index (κ3) is 86.0. The summed E-state index contributed by atoms with van der Waals surface area (Å²) in [6.07, 6.45) is 0. The van der Waals surface area contributed by atoms with Crippen LogP contribution in [0.5, 0.6) is 0 Å². The summed E-state index contributed by atoms with van der Waals surface area (Å²) in [4.78, 5) is 35.6. The summed E-state index contributed by atoms with van der Waals surface area (Å²) in [5.41, 5.74) is 15.4. The van der Waals surface area contributed by atoms with E-state index in [1.165, 1.54) is 0 Å². The fourth-order valence-electron chi connectivity index (χ4n) is 3.31. The number of hydrogen-bond acceptors (Lipinski definition) is 12. The summed E-state index contributed by atoms with van der Waals surface area (Å²) in [5.74, 6) is -4.33. The van der Waals surface area contributed by atoms with Gasteiger partial charge in [0.05, 0.1) is 0 Å². The van der Waals surface area contributed by atoms with Gasteiger partial charge in [0.1, 0.15) is 0 Å². The van der Waals surface area contributed by atoms with Crippen molar-refractivity contribution in [2.24, 2.45) is 0 Å². The Morgan fingerprint density at radius 2 is 0.377 bits per heavy atom. The Labute approximate surface area is 395 Å². The summed E-state index contributed by atoms with van der Waals surface area (Å²) in [6, 6.07) is 0. The van der Waals surface area contributed by atoms with Crippen LogP contribution in [0.3, 0.4) is 0 Å². The summed E-state index contributed by atoms with van der Waals surface area (Å²) >= 11 is 0. The van der Waals surface area contributed by atoms with Crippen molar-refractivity contribution in [2.45, 2.75) is 132 Å². The van der Waals surface area contributed by atoms with Crippen LogP contribution in [0.1, 0.15) is 27.7 Å². The first kappa shape index (κ1) is 79.4. The second-order valence-electron chi connectivity index (χ2n) is 17.2. The Balaban J connectivity index is -0.0000000751. The molecule has 0 amide bonds. The van der Waals surface area contributed by atoms with Crippen molar-refractivity contribution in [1.82, 2.24) is 0 Å². The molecule has 12 nitrogen and oxygen atoms in total. The van der Waals surface area contributed by atoms with Gasteiger partial charge in [0.15, 0.2) is 33.3 Å². The van der Waals surface area contributed by atoms with E-state index in [0.717, 1.165) is 27.7 Å². The smallest absolute Gasteiger partial charge is 0.550 e. The van der Waals surface area contributed by atoms with Crippen molar-refractivity contribution in [2.75, 3.05) is 0 Å². The maximum absolute atomic E-state index is 8.89. The average molecular weight is 1180 g/mol. The first-order valence-electron chi connectivity index (χ1n) is 18.8. The number of carboxylic acids is 4. The second-order valence-corrected chi connectivity index (χ2v) is 50.1. The maximum atomic E-state index is 8.89. The van der Waals surface area contributed by atoms with Gasteiger partial charge < -0.3 is 56.1 Å². The van der Waals surface area contributed by atoms with Crippen molar-refractivity contribution in [3.8, 4) is 0 Å². The van der Waals surface area contributed by atoms with Crippen LogP contribution in [-0.2, 0) is 56.7 Å². The maximum Gasteiger partial charge on any atom is 4.00 e. The second kappa shape index (κ2) is 38.5. The molecule has 0 aromatic carbocycles. The van der Waals surface area contributed by atoms with Crippen LogP contribution in [0, 0.1) is 0 Å². The number of rotatable bonds is 16. The van der Waals surface area contributed by atoms with E-state index in [0.29, 0.717) is 0 Å². The molecule has 0 aromatic rings. The van der Waals surface area contributed by atoms with Gasteiger partial charge in [-0.1, -0.05) is 45.6 Å². The van der Waals surface area contributed by atoms with E-state index in [1.807, 2.05) is 45.6 Å². The van der Waals surface area contributed by atoms with E-state index in [-0.39, 0.29) is 21.1 Å². The van der Waals surface area contributed by atoms with Crippen LogP contribution in [0.15, 0.2) is 98.2 Å². The fourth-order valence-corrected chi connectivity index (χ4v) is 27.8. The minimum atomic E-state index is -1.74. The molecule has 358 valence electrons. The van der Waals surface area contributed by atoms with E-state index < -0.39 is 90.4 Å². The largest absolute Gasteiger partial charge is 4.00 e. The molecule has 0 fully saturated rings. The van der Waals surface area contributed by atoms with Gasteiger partial charge in [-0.25, -0.2) is 0 Å². The molecule has 0 N–H and O–H groups in total. The quantitative estimate of drug-likeness (QED) is 0.153. The SMILES string of the molecule is C=C[Si](C)(C=C)O[Si](C)(C)C.C=C[Si](C)(C=C)O[Si](C)(C)C.C=C[Si](C)(C=C)O[Si](C)(C)C.C=C[Si](C)(C=C)O[Si](C)(C)C.CC(=O)[O-].CC(=O)[O-].CC(=O)[O-].CC(=O)[O-].[Pt+4]. The van der Waals surface area contributed by atoms with Crippen molar-refractivity contribution in [3.05, 3.63) is 98.2 Å². The molecule has 0 saturated carbocycles. The number of carbonyl (C=O) groups is 4. The summed E-state index contributed by atoms with van der Waals surface area (Å²) in [7, 11) is -12.6. The predicted octanol–water partition coefficient (Wildman–Crippen LogP) is 6.48. The van der Waals surface area contributed by atoms with Gasteiger partial charge in [0.25, 0.3) is 0 Å². The first-order valence-corrected chi connectivity index (χ1v) is 42.7. The Morgan fingerprint density at radius 3 is 0.393 bits per heavy atom. The molecule has 0 aliphatic heterocycles. The standard InChI is InChI=1S/4C8H18OSi2.4C2H4O2.Pt/c4*1-7-11(6,8-2)9-10(3,4)5;4*1-2(3)4;/h4*7-8H,1-2H2,3-6H3;4*1H3,(H,3,4);/q;;;;;;;;+4/p-4. The predicted molar refractivity (Wildman–Crippen MR) is 268 cm³/mol. The topological polar surface area (TPSA) is 197 Å². The molecule has 0 saturated heterocycles. The van der Waals surface area contributed by atoms with Crippen molar-refractivity contribution in [1.29, 1.82) is 0 Å². The average Bonchev–Trinajstić information content (AvgIpc) is 3.01. The van der Waals surface area contributed by atoms with Gasteiger partial charge in [-0.05, 0) is 132 Å². The third-order valence-electron chi connectivity index (χ3n) is 5.35. The van der Waals surface area contributed by atoms with Crippen LogP contribution in [0.4, 0.5) is 0 Å². The Bertz CT molecular complexity index is 1080. The summed E-state index contributed by atoms with van der Waals surface area (Å²) in [5, 5.41) is 35.6. The number of carboxylic acid groups (broad SMARTS) is 4. The molecule has 61 heavy (non-hydrogen) atoms. The molecule has 0 bridgehead atoms. The summed E-state index contributed by atoms with van der Waals surface area (Å²) < 4.78 is 23.9. The van der Waals surface area contributed by atoms with Crippen LogP contribution < -0.4 is 20.4 Å². The number of aliphatic carboxylic acids is 4. The zero-order valence-corrected chi connectivity index (χ0v) is 51.8. The van der Waals surface area contributed by atoms with Crippen molar-refractivity contribution < 1.29 is 77.1 Å². The molecule has 0 heterocycles. The van der Waals surface area contributed by atoms with Crippen LogP contribution in [0.2, 0.25) is 105 Å². The van der Waals surface area contributed by atoms with Gasteiger partial charge in [-0.15, -0.1) is 52.6 Å². The van der Waals surface area contributed by atoms with Gasteiger partial charge in [0.2, 0.25) is 33.3 Å². The molecule has 0 radical (unpaired) electrons. The number of hydrogen-bond donors (Lipinski definition) is 0. The fraction of sp³-hybridized carbons (Fsp3) is 0.500. The van der Waals surface area contributed by atoms with Crippen LogP contribution in [-0.4, -0.2) is 90.4 Å². The molecule has 0 aromatic heterocycles. The molecule has 0 aliphatic carbocycles. The van der Waals surface area contributed by atoms with Crippen molar-refractivity contribution >= 4 is 90.4 Å². The molecular weight excluding hydrogens is 1090 g/mol. The normalized spacial score (nSPS) is 10.8. The van der Waals surface area contributed by atoms with Crippen molar-refractivity contribution in [3.63, 3.8) is 0 Å². The molecule has 0 aliphatic rings. The van der Waals surface area contributed by atoms with E-state index in [1.54, 1.807) is 0 Å². The zero-order valence-electron chi connectivity index (χ0n) is 41.5. The zero-order chi connectivity index (χ0) is 50.8. The molecule has 0 rings (SSSR count). The number of carbonyl (C=O) groups excluding carboxylic acids is 4. The van der Waals surface area contributed by atoms with Gasteiger partial charge in [-0.2, -0.15) is 0 Å². The molecule has 0 unspecified atom stereocenters. The monoisotopic (exact) mass is 1180 g/mol. The Hall–Kier alpha value is -1.94. The molecule has 0 atom stereocenters. The third-order valence-corrected chi connectivity index (χ3v) is 28.7. The molecule has 0 spiro atoms. The van der Waals surface area contributed by atoms with E-state index >= 15 is 0 Å². The van der Waals surface area contributed by atoms with Gasteiger partial charge >= 0.3 is 21.1 Å². The Morgan fingerprint density at radius 1 is 0.311 bits per heavy atom. The van der Waals surface area contributed by atoms with Gasteiger partial charge in [0, 0.05) is 23.9 Å². The first-order chi connectivity index (χ1) is 26.2. The molecule has 21 heteroatoms. The summed E-state index contributed by atoms with van der Waals surface area (Å²) in [6.45, 7) is 68.8. The van der Waals surface area contributed by atoms with E-state index in [9.17, 15) is 0 Å². The molecular formula is C40H84O12PtSi8. The Kier molecular flexibility index (Phi) is 50.2. The minimum Gasteiger partial charge on any atom is -0.550 e. The van der Waals surface area contributed by atoms with E-state index in [2.05, 4.69) is 157 Å². The minimum absolute atomic E-state index is 0. The van der Waals surface area contributed by atoms with Crippen LogP contribution in [0.25, 0.3) is 0 Å². The van der Waals surface area contributed by atoms with Gasteiger partial charge in [-0.3, -0.25) is 0 Å².